The number of ether oxygens (including phenoxy) is 1. The molecule has 3 rings (SSSR count). The van der Waals surface area contributed by atoms with Crippen molar-refractivity contribution in [3.63, 3.8) is 0 Å². The van der Waals surface area contributed by atoms with Crippen molar-refractivity contribution >= 4 is 27.6 Å². The molecular formula is C21H26N4O5S. The summed E-state index contributed by atoms with van der Waals surface area (Å²) >= 11 is 0. The first-order valence-corrected chi connectivity index (χ1v) is 11.3. The maximum atomic E-state index is 12.8. The minimum atomic E-state index is -3.83. The number of anilines is 1. The third kappa shape index (κ3) is 5.46. The number of nitrogens with zero attached hydrogens (tertiary/aromatic N) is 3. The monoisotopic (exact) mass is 446 g/mol. The zero-order valence-corrected chi connectivity index (χ0v) is 18.6. The fraction of sp³-hybridized carbons (Fsp3) is 0.381. The lowest BCUT2D eigenvalue weighted by Gasteiger charge is -2.26. The van der Waals surface area contributed by atoms with Gasteiger partial charge in [-0.1, -0.05) is 45.0 Å². The zero-order valence-electron chi connectivity index (χ0n) is 17.7. The van der Waals surface area contributed by atoms with Crippen LogP contribution in [-0.2, 0) is 20.2 Å². The highest BCUT2D eigenvalue weighted by molar-refractivity contribution is 7.89. The number of hydrogen-bond acceptors (Lipinski definition) is 7. The number of nitrogens with one attached hydrogen (secondary N) is 1. The van der Waals surface area contributed by atoms with Gasteiger partial charge in [0.15, 0.2) is 0 Å². The van der Waals surface area contributed by atoms with Gasteiger partial charge < -0.3 is 4.74 Å². The Labute approximate surface area is 181 Å². The summed E-state index contributed by atoms with van der Waals surface area (Å²) in [5.41, 5.74) is 4.44. The predicted octanol–water partition coefficient (Wildman–Crippen LogP) is 3.36. The molecule has 1 saturated heterocycles. The molecule has 1 fully saturated rings. The van der Waals surface area contributed by atoms with E-state index in [1.807, 2.05) is 24.3 Å². The molecule has 166 valence electrons. The van der Waals surface area contributed by atoms with Gasteiger partial charge in [0, 0.05) is 19.2 Å². The lowest BCUT2D eigenvalue weighted by molar-refractivity contribution is -0.384. The largest absolute Gasteiger partial charge is 0.379 e. The first kappa shape index (κ1) is 22.9. The molecule has 0 aliphatic carbocycles. The van der Waals surface area contributed by atoms with Crippen molar-refractivity contribution in [2.45, 2.75) is 31.1 Å². The molecule has 10 heteroatoms. The molecule has 2 aromatic carbocycles. The first-order chi connectivity index (χ1) is 14.6. The summed E-state index contributed by atoms with van der Waals surface area (Å²) in [4.78, 5) is 10.8. The van der Waals surface area contributed by atoms with Crippen LogP contribution in [0.1, 0.15) is 31.9 Å². The van der Waals surface area contributed by atoms with Crippen molar-refractivity contribution in [1.29, 1.82) is 0 Å². The number of sulfonamides is 1. The van der Waals surface area contributed by atoms with E-state index < -0.39 is 14.9 Å². The van der Waals surface area contributed by atoms with Crippen LogP contribution in [0.3, 0.4) is 0 Å². The van der Waals surface area contributed by atoms with Gasteiger partial charge in [-0.15, -0.1) is 0 Å². The highest BCUT2D eigenvalue weighted by Crippen LogP contribution is 2.29. The van der Waals surface area contributed by atoms with Gasteiger partial charge in [0.2, 0.25) is 10.0 Å². The van der Waals surface area contributed by atoms with Crippen LogP contribution in [0.4, 0.5) is 11.4 Å². The third-order valence-corrected chi connectivity index (χ3v) is 6.84. The second-order valence-corrected chi connectivity index (χ2v) is 10.1. The Bertz CT molecular complexity index is 1070. The van der Waals surface area contributed by atoms with E-state index in [2.05, 4.69) is 31.3 Å². The minimum Gasteiger partial charge on any atom is -0.379 e. The van der Waals surface area contributed by atoms with Gasteiger partial charge >= 0.3 is 0 Å². The Kier molecular flexibility index (Phi) is 6.73. The minimum absolute atomic E-state index is 0.0395. The van der Waals surface area contributed by atoms with Crippen LogP contribution in [0.25, 0.3) is 0 Å². The van der Waals surface area contributed by atoms with Crippen LogP contribution in [0, 0.1) is 10.1 Å². The number of rotatable bonds is 6. The molecule has 1 aliphatic rings. The van der Waals surface area contributed by atoms with Crippen molar-refractivity contribution in [2.24, 2.45) is 5.10 Å². The fourth-order valence-electron chi connectivity index (χ4n) is 3.10. The molecular weight excluding hydrogens is 420 g/mol. The molecule has 1 N–H and O–H groups in total. The average molecular weight is 447 g/mol. The average Bonchev–Trinajstić information content (AvgIpc) is 2.74. The number of nitro benzene ring substituents is 1. The fourth-order valence-corrected chi connectivity index (χ4v) is 4.53. The summed E-state index contributed by atoms with van der Waals surface area (Å²) in [5, 5.41) is 15.6. The van der Waals surface area contributed by atoms with Crippen LogP contribution in [-0.4, -0.2) is 50.2 Å². The third-order valence-electron chi connectivity index (χ3n) is 4.95. The molecule has 2 aromatic rings. The Hall–Kier alpha value is -2.82. The summed E-state index contributed by atoms with van der Waals surface area (Å²) in [6.45, 7) is 7.40. The summed E-state index contributed by atoms with van der Waals surface area (Å²) < 4.78 is 32.0. The van der Waals surface area contributed by atoms with Gasteiger partial charge in [0.25, 0.3) is 5.69 Å². The van der Waals surface area contributed by atoms with E-state index in [0.717, 1.165) is 11.6 Å². The molecule has 0 bridgehead atoms. The molecule has 31 heavy (non-hydrogen) atoms. The molecule has 1 heterocycles. The molecule has 0 spiro atoms. The van der Waals surface area contributed by atoms with E-state index in [4.69, 9.17) is 4.74 Å². The standard InChI is InChI=1S/C21H26N4O5S/c1-21(2,3)17-6-4-16(5-7-17)15-22-23-19-9-8-18(14-20(19)25(26)27)31(28,29)24-10-12-30-13-11-24/h4-9,14-15,23H,10-13H2,1-3H3. The summed E-state index contributed by atoms with van der Waals surface area (Å²) in [6, 6.07) is 11.6. The normalized spacial score (nSPS) is 15.8. The zero-order chi connectivity index (χ0) is 22.6. The molecule has 0 radical (unpaired) electrons. The van der Waals surface area contributed by atoms with Gasteiger partial charge in [-0.3, -0.25) is 15.5 Å². The lowest BCUT2D eigenvalue weighted by Crippen LogP contribution is -2.40. The maximum Gasteiger partial charge on any atom is 0.295 e. The first-order valence-electron chi connectivity index (χ1n) is 9.85. The molecule has 0 aromatic heterocycles. The molecule has 0 atom stereocenters. The highest BCUT2D eigenvalue weighted by atomic mass is 32.2. The van der Waals surface area contributed by atoms with Crippen LogP contribution in [0.5, 0.6) is 0 Å². The lowest BCUT2D eigenvalue weighted by atomic mass is 9.87. The molecule has 0 unspecified atom stereocenters. The Morgan fingerprint density at radius 1 is 1.13 bits per heavy atom. The SMILES string of the molecule is CC(C)(C)c1ccc(C=NNc2ccc(S(=O)(=O)N3CCOCC3)cc2[N+](=O)[O-])cc1. The topological polar surface area (TPSA) is 114 Å². The van der Waals surface area contributed by atoms with Crippen LogP contribution < -0.4 is 5.43 Å². The predicted molar refractivity (Wildman–Crippen MR) is 119 cm³/mol. The molecule has 9 nitrogen and oxygen atoms in total. The van der Waals surface area contributed by atoms with Gasteiger partial charge in [-0.25, -0.2) is 8.42 Å². The van der Waals surface area contributed by atoms with E-state index in [9.17, 15) is 18.5 Å². The highest BCUT2D eigenvalue weighted by Gasteiger charge is 2.28. The molecule has 0 saturated carbocycles. The Morgan fingerprint density at radius 3 is 2.35 bits per heavy atom. The summed E-state index contributed by atoms with van der Waals surface area (Å²) in [5.74, 6) is 0. The van der Waals surface area contributed by atoms with Crippen molar-refractivity contribution in [3.8, 4) is 0 Å². The summed E-state index contributed by atoms with van der Waals surface area (Å²) in [6.07, 6.45) is 1.55. The molecule has 0 amide bonds. The van der Waals surface area contributed by atoms with Gasteiger partial charge in [-0.05, 0) is 28.7 Å². The maximum absolute atomic E-state index is 12.8. The van der Waals surface area contributed by atoms with Crippen molar-refractivity contribution < 1.29 is 18.1 Å². The van der Waals surface area contributed by atoms with Crippen molar-refractivity contribution in [1.82, 2.24) is 4.31 Å². The number of hydrogen-bond donors (Lipinski definition) is 1. The quantitative estimate of drug-likeness (QED) is 0.413. The van der Waals surface area contributed by atoms with Crippen LogP contribution >= 0.6 is 0 Å². The second-order valence-electron chi connectivity index (χ2n) is 8.19. The van der Waals surface area contributed by atoms with Gasteiger partial charge in [-0.2, -0.15) is 9.41 Å². The molecule has 1 aliphatic heterocycles. The Morgan fingerprint density at radius 2 is 1.77 bits per heavy atom. The van der Waals surface area contributed by atoms with Crippen molar-refractivity contribution in [2.75, 3.05) is 31.7 Å². The van der Waals surface area contributed by atoms with Crippen LogP contribution in [0.15, 0.2) is 52.5 Å². The van der Waals surface area contributed by atoms with E-state index in [0.29, 0.717) is 13.2 Å². The Balaban J connectivity index is 1.79. The van der Waals surface area contributed by atoms with Gasteiger partial charge in [0.1, 0.15) is 5.69 Å². The van der Waals surface area contributed by atoms with E-state index in [-0.39, 0.29) is 34.8 Å². The van der Waals surface area contributed by atoms with Gasteiger partial charge in [0.05, 0.1) is 29.2 Å². The van der Waals surface area contributed by atoms with E-state index in [1.54, 1.807) is 6.21 Å². The number of morpholine rings is 1. The van der Waals surface area contributed by atoms with E-state index in [1.165, 1.54) is 22.0 Å². The number of nitro groups is 1. The smallest absolute Gasteiger partial charge is 0.295 e. The van der Waals surface area contributed by atoms with E-state index >= 15 is 0 Å². The summed E-state index contributed by atoms with van der Waals surface area (Å²) in [7, 11) is -3.83. The second kappa shape index (κ2) is 9.13. The van der Waals surface area contributed by atoms with Crippen molar-refractivity contribution in [3.05, 3.63) is 63.7 Å². The van der Waals surface area contributed by atoms with Crippen LogP contribution in [0.2, 0.25) is 0 Å². The number of hydrazone groups is 1. The number of benzene rings is 2.